The third kappa shape index (κ3) is 4.51. The molecule has 3 rings (SSSR count). The minimum absolute atomic E-state index is 0.00546. The van der Waals surface area contributed by atoms with Crippen LogP contribution in [0.2, 0.25) is 0 Å². The van der Waals surface area contributed by atoms with Gasteiger partial charge in [-0.3, -0.25) is 9.69 Å². The van der Waals surface area contributed by atoms with E-state index < -0.39 is 0 Å². The third-order valence-electron chi connectivity index (χ3n) is 4.54. The summed E-state index contributed by atoms with van der Waals surface area (Å²) in [4.78, 5) is 15.8. The van der Waals surface area contributed by atoms with Gasteiger partial charge >= 0.3 is 0 Å². The molecule has 0 aromatic heterocycles. The van der Waals surface area contributed by atoms with Crippen molar-refractivity contribution in [2.24, 2.45) is 0 Å². The number of carbonyl (C=O) groups is 1. The van der Waals surface area contributed by atoms with Crippen LogP contribution in [0.25, 0.3) is 0 Å². The summed E-state index contributed by atoms with van der Waals surface area (Å²) in [6.45, 7) is 3.37. The summed E-state index contributed by atoms with van der Waals surface area (Å²) in [6, 6.07) is 13.9. The summed E-state index contributed by atoms with van der Waals surface area (Å²) in [5.41, 5.74) is 2.19. The molecule has 0 unspecified atom stereocenters. The zero-order valence-corrected chi connectivity index (χ0v) is 16.1. The first-order chi connectivity index (χ1) is 12.6. The topological polar surface area (TPSA) is 50.8 Å². The second-order valence-electron chi connectivity index (χ2n) is 6.34. The molecule has 0 fully saturated rings. The van der Waals surface area contributed by atoms with Gasteiger partial charge in [-0.05, 0) is 55.6 Å². The average molecular weight is 372 g/mol. The van der Waals surface area contributed by atoms with Crippen molar-refractivity contribution < 1.29 is 14.3 Å². The Morgan fingerprint density at radius 2 is 1.85 bits per heavy atom. The fraction of sp³-hybridized carbons (Fsp3) is 0.350. The Morgan fingerprint density at radius 1 is 1.15 bits per heavy atom. The first-order valence-electron chi connectivity index (χ1n) is 8.56. The molecule has 0 radical (unpaired) electrons. The van der Waals surface area contributed by atoms with Gasteiger partial charge in [0.1, 0.15) is 0 Å². The number of amides is 1. The van der Waals surface area contributed by atoms with Gasteiger partial charge in [0.05, 0.1) is 6.04 Å². The Bertz CT molecular complexity index is 764. The summed E-state index contributed by atoms with van der Waals surface area (Å²) in [6.07, 6.45) is 2.06. The number of thioether (sulfide) groups is 1. The van der Waals surface area contributed by atoms with Crippen molar-refractivity contribution in [2.75, 3.05) is 20.1 Å². The molecule has 1 heterocycles. The van der Waals surface area contributed by atoms with Crippen molar-refractivity contribution in [3.63, 3.8) is 0 Å². The van der Waals surface area contributed by atoms with Crippen LogP contribution in [0.3, 0.4) is 0 Å². The Kier molecular flexibility index (Phi) is 6.06. The SMILES string of the molecule is CSc1ccc(CN(C)[C@@H](C)C(=O)NCc2ccc3c(c2)OCO3)cc1. The van der Waals surface area contributed by atoms with Gasteiger partial charge in [0.25, 0.3) is 0 Å². The number of hydrogen-bond acceptors (Lipinski definition) is 5. The molecule has 1 aliphatic heterocycles. The number of carbonyl (C=O) groups excluding carboxylic acids is 1. The molecule has 6 heteroatoms. The van der Waals surface area contributed by atoms with Crippen molar-refractivity contribution in [1.82, 2.24) is 10.2 Å². The van der Waals surface area contributed by atoms with Crippen LogP contribution >= 0.6 is 11.8 Å². The van der Waals surface area contributed by atoms with E-state index in [1.54, 1.807) is 11.8 Å². The summed E-state index contributed by atoms with van der Waals surface area (Å²) >= 11 is 1.72. The number of nitrogens with one attached hydrogen (secondary N) is 1. The molecular formula is C20H24N2O3S. The zero-order valence-electron chi connectivity index (χ0n) is 15.3. The zero-order chi connectivity index (χ0) is 18.5. The number of likely N-dealkylation sites (N-methyl/N-ethyl adjacent to an activating group) is 1. The van der Waals surface area contributed by atoms with Crippen LogP contribution in [-0.2, 0) is 17.9 Å². The number of hydrogen-bond donors (Lipinski definition) is 1. The van der Waals surface area contributed by atoms with Crippen LogP contribution in [0.1, 0.15) is 18.1 Å². The second kappa shape index (κ2) is 8.47. The molecule has 2 aromatic rings. The highest BCUT2D eigenvalue weighted by Crippen LogP contribution is 2.32. The van der Waals surface area contributed by atoms with E-state index in [0.29, 0.717) is 6.54 Å². The first kappa shape index (κ1) is 18.6. The van der Waals surface area contributed by atoms with Gasteiger partial charge in [-0.2, -0.15) is 0 Å². The predicted octanol–water partition coefficient (Wildman–Crippen LogP) is 3.27. The van der Waals surface area contributed by atoms with Crippen molar-refractivity contribution in [3.8, 4) is 11.5 Å². The number of rotatable bonds is 7. The molecule has 26 heavy (non-hydrogen) atoms. The van der Waals surface area contributed by atoms with E-state index >= 15 is 0 Å². The average Bonchev–Trinajstić information content (AvgIpc) is 3.13. The Morgan fingerprint density at radius 3 is 2.58 bits per heavy atom. The monoisotopic (exact) mass is 372 g/mol. The number of fused-ring (bicyclic) bond motifs is 1. The van der Waals surface area contributed by atoms with E-state index in [1.807, 2.05) is 37.1 Å². The lowest BCUT2D eigenvalue weighted by Crippen LogP contribution is -2.42. The molecule has 1 atom stereocenters. The fourth-order valence-electron chi connectivity index (χ4n) is 2.74. The molecule has 2 aromatic carbocycles. The van der Waals surface area contributed by atoms with Crippen molar-refractivity contribution in [2.45, 2.75) is 31.0 Å². The lowest BCUT2D eigenvalue weighted by molar-refractivity contribution is -0.125. The molecule has 0 saturated carbocycles. The second-order valence-corrected chi connectivity index (χ2v) is 7.22. The molecule has 1 N–H and O–H groups in total. The van der Waals surface area contributed by atoms with E-state index in [4.69, 9.17) is 9.47 Å². The highest BCUT2D eigenvalue weighted by atomic mass is 32.2. The lowest BCUT2D eigenvalue weighted by atomic mass is 10.1. The highest BCUT2D eigenvalue weighted by Gasteiger charge is 2.19. The smallest absolute Gasteiger partial charge is 0.237 e. The highest BCUT2D eigenvalue weighted by molar-refractivity contribution is 7.98. The summed E-state index contributed by atoms with van der Waals surface area (Å²) in [5.74, 6) is 1.49. The van der Waals surface area contributed by atoms with E-state index in [1.165, 1.54) is 10.5 Å². The quantitative estimate of drug-likeness (QED) is 0.756. The van der Waals surface area contributed by atoms with Gasteiger partial charge in [-0.25, -0.2) is 0 Å². The van der Waals surface area contributed by atoms with E-state index in [9.17, 15) is 4.79 Å². The van der Waals surface area contributed by atoms with E-state index in [-0.39, 0.29) is 18.7 Å². The Labute approximate surface area is 158 Å². The number of benzene rings is 2. The maximum atomic E-state index is 12.5. The molecule has 1 amide bonds. The summed E-state index contributed by atoms with van der Waals surface area (Å²) in [5, 5.41) is 2.99. The molecule has 138 valence electrons. The molecule has 0 saturated heterocycles. The van der Waals surface area contributed by atoms with Crippen LogP contribution in [0.15, 0.2) is 47.4 Å². The standard InChI is InChI=1S/C20H24N2O3S/c1-14(22(2)12-15-4-7-17(26-3)8-5-15)20(23)21-11-16-6-9-18-19(10-16)25-13-24-18/h4-10,14H,11-13H2,1-3H3,(H,21,23)/t14-/m0/s1. The van der Waals surface area contributed by atoms with E-state index in [0.717, 1.165) is 23.6 Å². The van der Waals surface area contributed by atoms with Gasteiger partial charge in [0.15, 0.2) is 11.5 Å². The maximum Gasteiger partial charge on any atom is 0.237 e. The number of ether oxygens (including phenoxy) is 2. The van der Waals surface area contributed by atoms with Crippen LogP contribution in [0, 0.1) is 0 Å². The van der Waals surface area contributed by atoms with Crippen LogP contribution in [-0.4, -0.2) is 36.9 Å². The van der Waals surface area contributed by atoms with E-state index in [2.05, 4.69) is 35.8 Å². The molecule has 0 bridgehead atoms. The van der Waals surface area contributed by atoms with Crippen molar-refractivity contribution >= 4 is 17.7 Å². The Hall–Kier alpha value is -2.18. The third-order valence-corrected chi connectivity index (χ3v) is 5.28. The molecule has 0 aliphatic carbocycles. The summed E-state index contributed by atoms with van der Waals surface area (Å²) < 4.78 is 10.7. The maximum absolute atomic E-state index is 12.5. The largest absolute Gasteiger partial charge is 0.454 e. The lowest BCUT2D eigenvalue weighted by Gasteiger charge is -2.24. The van der Waals surface area contributed by atoms with Crippen molar-refractivity contribution in [1.29, 1.82) is 0 Å². The van der Waals surface area contributed by atoms with Crippen LogP contribution in [0.5, 0.6) is 11.5 Å². The normalized spacial score (nSPS) is 13.7. The van der Waals surface area contributed by atoms with Crippen molar-refractivity contribution in [3.05, 3.63) is 53.6 Å². The van der Waals surface area contributed by atoms with Gasteiger partial charge in [0.2, 0.25) is 12.7 Å². The van der Waals surface area contributed by atoms with Gasteiger partial charge in [-0.15, -0.1) is 11.8 Å². The predicted molar refractivity (Wildman–Crippen MR) is 104 cm³/mol. The van der Waals surface area contributed by atoms with Gasteiger partial charge in [0, 0.05) is 18.0 Å². The summed E-state index contributed by atoms with van der Waals surface area (Å²) in [7, 11) is 1.97. The molecule has 0 spiro atoms. The van der Waals surface area contributed by atoms with Crippen LogP contribution in [0.4, 0.5) is 0 Å². The number of nitrogens with zero attached hydrogens (tertiary/aromatic N) is 1. The molecular weight excluding hydrogens is 348 g/mol. The fourth-order valence-corrected chi connectivity index (χ4v) is 3.15. The molecule has 1 aliphatic rings. The molecule has 5 nitrogen and oxygen atoms in total. The van der Waals surface area contributed by atoms with Gasteiger partial charge < -0.3 is 14.8 Å². The van der Waals surface area contributed by atoms with Gasteiger partial charge in [-0.1, -0.05) is 18.2 Å². The first-order valence-corrected chi connectivity index (χ1v) is 9.78. The minimum Gasteiger partial charge on any atom is -0.454 e. The minimum atomic E-state index is -0.218. The van der Waals surface area contributed by atoms with Crippen LogP contribution < -0.4 is 14.8 Å². The Balaban J connectivity index is 1.51.